The smallest absolute Gasteiger partial charge is 0.303 e. The highest BCUT2D eigenvalue weighted by atomic mass is 16.4. The van der Waals surface area contributed by atoms with E-state index in [4.69, 9.17) is 5.11 Å². The molecule has 6 heteroatoms. The lowest BCUT2D eigenvalue weighted by atomic mass is 10.0. The van der Waals surface area contributed by atoms with Crippen LogP contribution >= 0.6 is 0 Å². The number of fused-ring (bicyclic) bond motifs is 1. The van der Waals surface area contributed by atoms with E-state index in [1.54, 1.807) is 0 Å². The molecule has 0 spiro atoms. The topological polar surface area (TPSA) is 85.1 Å². The monoisotopic (exact) mass is 415 g/mol. The van der Waals surface area contributed by atoms with E-state index in [-0.39, 0.29) is 5.91 Å². The summed E-state index contributed by atoms with van der Waals surface area (Å²) >= 11 is 0. The first-order valence-electron chi connectivity index (χ1n) is 11.7. The summed E-state index contributed by atoms with van der Waals surface area (Å²) in [5.41, 5.74) is 1.56. The van der Waals surface area contributed by atoms with Crippen LogP contribution in [0.3, 0.4) is 0 Å². The number of benzene rings is 1. The van der Waals surface area contributed by atoms with Gasteiger partial charge in [-0.15, -0.1) is 5.10 Å². The Kier molecular flexibility index (Phi) is 11.8. The predicted molar refractivity (Wildman–Crippen MR) is 120 cm³/mol. The van der Waals surface area contributed by atoms with Crippen molar-refractivity contribution in [3.63, 3.8) is 0 Å². The highest BCUT2D eigenvalue weighted by Crippen LogP contribution is 2.15. The lowest BCUT2D eigenvalue weighted by Gasteiger charge is -2.04. The molecule has 0 bridgehead atoms. The first kappa shape index (κ1) is 24.0. The minimum Gasteiger partial charge on any atom is -0.481 e. The molecule has 0 unspecified atom stereocenters. The lowest BCUT2D eigenvalue weighted by molar-refractivity contribution is -0.137. The van der Waals surface area contributed by atoms with E-state index in [0.29, 0.717) is 12.8 Å². The SMILES string of the molecule is O=C(O)CCCCCCCCCCCCCCCCC(=O)n1nnc2ccccc21. The van der Waals surface area contributed by atoms with Crippen molar-refractivity contribution in [2.24, 2.45) is 0 Å². The van der Waals surface area contributed by atoms with Crippen LogP contribution in [0.1, 0.15) is 108 Å². The molecule has 0 aliphatic carbocycles. The third kappa shape index (κ3) is 9.51. The number of hydrogen-bond donors (Lipinski definition) is 1. The maximum atomic E-state index is 12.3. The largest absolute Gasteiger partial charge is 0.481 e. The minimum atomic E-state index is -0.677. The maximum Gasteiger partial charge on any atom is 0.303 e. The normalized spacial score (nSPS) is 11.2. The summed E-state index contributed by atoms with van der Waals surface area (Å²) in [6.45, 7) is 0. The van der Waals surface area contributed by atoms with Crippen molar-refractivity contribution in [2.45, 2.75) is 103 Å². The molecule has 2 rings (SSSR count). The van der Waals surface area contributed by atoms with Crippen molar-refractivity contribution in [3.8, 4) is 0 Å². The van der Waals surface area contributed by atoms with Crippen LogP contribution < -0.4 is 0 Å². The van der Waals surface area contributed by atoms with Crippen molar-refractivity contribution in [2.75, 3.05) is 0 Å². The Bertz CT molecular complexity index is 757. The Hall–Kier alpha value is -2.24. The quantitative estimate of drug-likeness (QED) is 0.302. The van der Waals surface area contributed by atoms with Crippen LogP contribution in [0, 0.1) is 0 Å². The highest BCUT2D eigenvalue weighted by molar-refractivity contribution is 5.88. The Morgan fingerprint density at radius 3 is 1.70 bits per heavy atom. The van der Waals surface area contributed by atoms with E-state index in [1.165, 1.54) is 68.9 Å². The predicted octanol–water partition coefficient (Wildman–Crippen LogP) is 6.40. The summed E-state index contributed by atoms with van der Waals surface area (Å²) in [6, 6.07) is 7.56. The molecule has 1 N–H and O–H groups in total. The van der Waals surface area contributed by atoms with Gasteiger partial charge >= 0.3 is 5.97 Å². The van der Waals surface area contributed by atoms with Crippen molar-refractivity contribution >= 4 is 22.9 Å². The lowest BCUT2D eigenvalue weighted by Crippen LogP contribution is -2.12. The van der Waals surface area contributed by atoms with Gasteiger partial charge in [0.25, 0.3) is 0 Å². The molecule has 0 aliphatic rings. The fraction of sp³-hybridized carbons (Fsp3) is 0.667. The van der Waals surface area contributed by atoms with E-state index >= 15 is 0 Å². The highest BCUT2D eigenvalue weighted by Gasteiger charge is 2.10. The molecule has 0 radical (unpaired) electrons. The second-order valence-electron chi connectivity index (χ2n) is 8.23. The zero-order valence-corrected chi connectivity index (χ0v) is 18.2. The van der Waals surface area contributed by atoms with E-state index in [0.717, 1.165) is 36.7 Å². The fourth-order valence-corrected chi connectivity index (χ4v) is 3.83. The first-order valence-corrected chi connectivity index (χ1v) is 11.7. The van der Waals surface area contributed by atoms with Crippen LogP contribution in [-0.2, 0) is 4.79 Å². The maximum absolute atomic E-state index is 12.3. The van der Waals surface area contributed by atoms with Crippen molar-refractivity contribution < 1.29 is 14.7 Å². The Labute approximate surface area is 180 Å². The molecule has 166 valence electrons. The molecule has 0 fully saturated rings. The van der Waals surface area contributed by atoms with Gasteiger partial charge in [-0.1, -0.05) is 94.4 Å². The number of aromatic nitrogens is 3. The van der Waals surface area contributed by atoms with Crippen LogP contribution in [0.4, 0.5) is 0 Å². The van der Waals surface area contributed by atoms with Crippen LogP contribution in [0.25, 0.3) is 11.0 Å². The van der Waals surface area contributed by atoms with E-state index in [1.807, 2.05) is 24.3 Å². The fourth-order valence-electron chi connectivity index (χ4n) is 3.83. The van der Waals surface area contributed by atoms with Crippen molar-refractivity contribution in [1.82, 2.24) is 15.0 Å². The van der Waals surface area contributed by atoms with Gasteiger partial charge in [0.05, 0.1) is 5.52 Å². The molecule has 0 aliphatic heterocycles. The molecule has 1 aromatic heterocycles. The van der Waals surface area contributed by atoms with Gasteiger partial charge in [0.1, 0.15) is 5.52 Å². The number of carbonyl (C=O) groups excluding carboxylic acids is 1. The molecule has 6 nitrogen and oxygen atoms in total. The number of carboxylic acids is 1. The molecular weight excluding hydrogens is 378 g/mol. The number of carbonyl (C=O) groups is 2. The second kappa shape index (κ2) is 14.7. The van der Waals surface area contributed by atoms with Gasteiger partial charge in [0, 0.05) is 12.8 Å². The molecule has 0 amide bonds. The summed E-state index contributed by atoms with van der Waals surface area (Å²) in [5.74, 6) is -0.644. The van der Waals surface area contributed by atoms with Crippen molar-refractivity contribution in [3.05, 3.63) is 24.3 Å². The third-order valence-electron chi connectivity index (χ3n) is 5.62. The standard InChI is InChI=1S/C24H37N3O3/c28-23(27-22-18-16-15-17-21(22)25-26-27)19-13-11-9-7-5-3-1-2-4-6-8-10-12-14-20-24(29)30/h15-18H,1-14,19-20H2,(H,29,30). The Morgan fingerprint density at radius 1 is 0.700 bits per heavy atom. The first-order chi connectivity index (χ1) is 14.7. The minimum absolute atomic E-state index is 0.0329. The summed E-state index contributed by atoms with van der Waals surface area (Å²) in [7, 11) is 0. The number of nitrogens with zero attached hydrogens (tertiary/aromatic N) is 3. The summed E-state index contributed by atoms with van der Waals surface area (Å²) in [6.07, 6.45) is 17.4. The van der Waals surface area contributed by atoms with Gasteiger partial charge in [-0.25, -0.2) is 0 Å². The molecule has 0 saturated heterocycles. The zero-order chi connectivity index (χ0) is 21.4. The average Bonchev–Trinajstić information content (AvgIpc) is 3.17. The number of aliphatic carboxylic acids is 1. The van der Waals surface area contributed by atoms with Crippen LogP contribution in [0.5, 0.6) is 0 Å². The van der Waals surface area contributed by atoms with Gasteiger partial charge in [0.15, 0.2) is 0 Å². The summed E-state index contributed by atoms with van der Waals surface area (Å²) in [5, 5.41) is 16.6. The Morgan fingerprint density at radius 2 is 1.17 bits per heavy atom. The van der Waals surface area contributed by atoms with Crippen molar-refractivity contribution in [1.29, 1.82) is 0 Å². The van der Waals surface area contributed by atoms with Gasteiger partial charge in [-0.2, -0.15) is 4.68 Å². The van der Waals surface area contributed by atoms with Gasteiger partial charge in [-0.05, 0) is 25.0 Å². The van der Waals surface area contributed by atoms with Gasteiger partial charge in [-0.3, -0.25) is 9.59 Å². The summed E-state index contributed by atoms with van der Waals surface area (Å²) in [4.78, 5) is 22.7. The number of para-hydroxylation sites is 1. The number of carboxylic acid groups (broad SMARTS) is 1. The van der Waals surface area contributed by atoms with Crippen LogP contribution in [0.15, 0.2) is 24.3 Å². The van der Waals surface area contributed by atoms with E-state index in [9.17, 15) is 9.59 Å². The number of hydrogen-bond acceptors (Lipinski definition) is 4. The van der Waals surface area contributed by atoms with Crippen LogP contribution in [-0.4, -0.2) is 32.0 Å². The number of rotatable bonds is 17. The second-order valence-corrected chi connectivity index (χ2v) is 8.23. The molecule has 30 heavy (non-hydrogen) atoms. The third-order valence-corrected chi connectivity index (χ3v) is 5.62. The number of unbranched alkanes of at least 4 members (excludes halogenated alkanes) is 13. The molecule has 0 saturated carbocycles. The molecular formula is C24H37N3O3. The van der Waals surface area contributed by atoms with E-state index < -0.39 is 5.97 Å². The average molecular weight is 416 g/mol. The van der Waals surface area contributed by atoms with Crippen LogP contribution in [0.2, 0.25) is 0 Å². The van der Waals surface area contributed by atoms with E-state index in [2.05, 4.69) is 10.3 Å². The van der Waals surface area contributed by atoms with Gasteiger partial charge < -0.3 is 5.11 Å². The Balaban J connectivity index is 1.36. The summed E-state index contributed by atoms with van der Waals surface area (Å²) < 4.78 is 1.44. The molecule has 1 heterocycles. The molecule has 0 atom stereocenters. The molecule has 2 aromatic rings. The zero-order valence-electron chi connectivity index (χ0n) is 18.2. The van der Waals surface area contributed by atoms with Gasteiger partial charge in [0.2, 0.25) is 5.91 Å². The molecule has 1 aromatic carbocycles.